The molecule has 5 atom stereocenters. The summed E-state index contributed by atoms with van der Waals surface area (Å²) in [6, 6.07) is 6.65. The third-order valence-corrected chi connectivity index (χ3v) is 11.8. The number of amides is 4. The lowest BCUT2D eigenvalue weighted by atomic mass is 10.1. The smallest absolute Gasteiger partial charge is 0.444 e. The van der Waals surface area contributed by atoms with Crippen molar-refractivity contribution in [3.05, 3.63) is 71.6 Å². The van der Waals surface area contributed by atoms with Crippen LogP contribution in [0.1, 0.15) is 57.1 Å². The summed E-state index contributed by atoms with van der Waals surface area (Å²) in [6.07, 6.45) is -5.64. The molecule has 2 aliphatic heterocycles. The van der Waals surface area contributed by atoms with Gasteiger partial charge in [0.2, 0.25) is 21.8 Å². The molecular weight excluding hydrogens is 726 g/mol. The molecule has 4 aliphatic rings. The molecule has 2 aromatic rings. The second-order valence-electron chi connectivity index (χ2n) is 13.9. The van der Waals surface area contributed by atoms with Gasteiger partial charge in [0.1, 0.15) is 35.3 Å². The van der Waals surface area contributed by atoms with Crippen LogP contribution in [-0.4, -0.2) is 83.9 Å². The Bertz CT molecular complexity index is 1940. The molecule has 2 aliphatic carbocycles. The van der Waals surface area contributed by atoms with Crippen LogP contribution in [0.5, 0.6) is 5.75 Å². The van der Waals surface area contributed by atoms with Crippen molar-refractivity contribution in [3.8, 4) is 5.75 Å². The van der Waals surface area contributed by atoms with Crippen molar-refractivity contribution in [1.82, 2.24) is 19.8 Å². The van der Waals surface area contributed by atoms with Gasteiger partial charge in [-0.25, -0.2) is 17.6 Å². The van der Waals surface area contributed by atoms with Crippen LogP contribution in [0.25, 0.3) is 0 Å². The van der Waals surface area contributed by atoms with Gasteiger partial charge in [-0.2, -0.15) is 0 Å². The summed E-state index contributed by atoms with van der Waals surface area (Å²) < 4.78 is 90.2. The predicted octanol–water partition coefficient (Wildman–Crippen LogP) is 4.10. The van der Waals surface area contributed by atoms with E-state index >= 15 is 0 Å². The molecule has 13 nitrogen and oxygen atoms in total. The number of likely N-dealkylation sites (tertiary alicyclic amines) is 1. The zero-order valence-electron chi connectivity index (χ0n) is 28.9. The monoisotopic (exact) mass is 765 g/mol. The molecule has 53 heavy (non-hydrogen) atoms. The van der Waals surface area contributed by atoms with Crippen LogP contribution in [0.4, 0.5) is 28.0 Å². The number of hydrogen-bond donors (Lipinski definition) is 3. The maximum absolute atomic E-state index is 14.4. The normalized spacial score (nSPS) is 24.2. The van der Waals surface area contributed by atoms with E-state index in [-0.39, 0.29) is 43.7 Å². The number of fused-ring (bicyclic) bond motifs is 1. The first kappa shape index (κ1) is 37.9. The van der Waals surface area contributed by atoms with Gasteiger partial charge in [0.05, 0.1) is 18.3 Å². The van der Waals surface area contributed by atoms with E-state index in [1.54, 1.807) is 13.0 Å². The van der Waals surface area contributed by atoms with E-state index in [1.165, 1.54) is 36.1 Å². The summed E-state index contributed by atoms with van der Waals surface area (Å²) in [5.74, 6) is -3.85. The van der Waals surface area contributed by atoms with Crippen LogP contribution >= 0.6 is 0 Å². The number of alkyl halides is 3. The summed E-state index contributed by atoms with van der Waals surface area (Å²) in [4.78, 5) is 57.5. The van der Waals surface area contributed by atoms with Gasteiger partial charge in [-0.1, -0.05) is 38.1 Å². The van der Waals surface area contributed by atoms with E-state index in [0.29, 0.717) is 30.4 Å². The number of carbonyl (C=O) groups excluding carboxylic acids is 4. The van der Waals surface area contributed by atoms with E-state index < -0.39 is 86.7 Å². The Hall–Kier alpha value is -4.87. The molecule has 0 unspecified atom stereocenters. The highest BCUT2D eigenvalue weighted by Gasteiger charge is 2.62. The number of benzene rings is 2. The lowest BCUT2D eigenvalue weighted by molar-refractivity contribution is -0.274. The molecule has 2 saturated carbocycles. The number of sulfonamides is 1. The van der Waals surface area contributed by atoms with Crippen LogP contribution < -0.4 is 20.1 Å². The topological polar surface area (TPSA) is 163 Å². The Morgan fingerprint density at radius 3 is 2.43 bits per heavy atom. The molecule has 1 saturated heterocycles. The number of ether oxygens (including phenoxy) is 2. The van der Waals surface area contributed by atoms with E-state index in [2.05, 4.69) is 26.7 Å². The fraction of sp³-hybridized carbons (Fsp3) is 0.486. The number of anilines is 1. The molecule has 2 aromatic carbocycles. The molecule has 4 amide bonds. The third kappa shape index (κ3) is 8.21. The Balaban J connectivity index is 1.23. The second kappa shape index (κ2) is 14.2. The van der Waals surface area contributed by atoms with E-state index in [9.17, 15) is 45.2 Å². The summed E-state index contributed by atoms with van der Waals surface area (Å²) in [7, 11) is -3.95. The Morgan fingerprint density at radius 1 is 1.09 bits per heavy atom. The minimum absolute atomic E-state index is 0.0569. The van der Waals surface area contributed by atoms with Crippen molar-refractivity contribution in [2.45, 2.75) is 94.4 Å². The van der Waals surface area contributed by atoms with Crippen LogP contribution in [-0.2, 0) is 42.2 Å². The molecule has 6 rings (SSSR count). The Kier molecular flexibility index (Phi) is 10.1. The van der Waals surface area contributed by atoms with Gasteiger partial charge in [0.15, 0.2) is 0 Å². The molecule has 0 radical (unpaired) electrons. The highest BCUT2D eigenvalue weighted by molar-refractivity contribution is 7.91. The molecule has 3 N–H and O–H groups in total. The van der Waals surface area contributed by atoms with Gasteiger partial charge in [0.25, 0.3) is 5.91 Å². The maximum Gasteiger partial charge on any atom is 0.573 e. The number of halogens is 4. The van der Waals surface area contributed by atoms with Gasteiger partial charge in [0, 0.05) is 30.3 Å². The second-order valence-corrected chi connectivity index (χ2v) is 15.9. The Labute approximate surface area is 303 Å². The van der Waals surface area contributed by atoms with Crippen LogP contribution in [0.3, 0.4) is 0 Å². The predicted molar refractivity (Wildman–Crippen MR) is 181 cm³/mol. The first-order valence-electron chi connectivity index (χ1n) is 17.1. The summed E-state index contributed by atoms with van der Waals surface area (Å²) in [6.45, 7) is 6.85. The number of rotatable bonds is 12. The van der Waals surface area contributed by atoms with Crippen molar-refractivity contribution >= 4 is 39.5 Å². The number of nitrogens with zero attached hydrogens (tertiary/aromatic N) is 2. The maximum atomic E-state index is 14.4. The molecule has 3 fully saturated rings. The summed E-state index contributed by atoms with van der Waals surface area (Å²) in [5.41, 5.74) is -0.332. The van der Waals surface area contributed by atoms with Gasteiger partial charge in [-0.3, -0.25) is 24.0 Å². The summed E-state index contributed by atoms with van der Waals surface area (Å²) >= 11 is 0. The lowest BCUT2D eigenvalue weighted by Gasteiger charge is -2.30. The molecular formula is C35H39F4N5O8S. The van der Waals surface area contributed by atoms with Crippen molar-refractivity contribution in [2.24, 2.45) is 5.92 Å². The zero-order chi connectivity index (χ0) is 38.5. The third-order valence-electron chi connectivity index (χ3n) is 9.97. The number of carbonyl (C=O) groups is 4. The van der Waals surface area contributed by atoms with Crippen molar-refractivity contribution < 1.29 is 54.6 Å². The molecule has 0 aromatic heterocycles. The number of hydrogen-bond acceptors (Lipinski definition) is 9. The SMILES string of the molecule is C=C(C)[C@H](Nc1cccc(OC(F)(F)F)c1)C(=O)N1C[C@H](OC(=O)N2Cc3cccc(F)c3C2)C[C@H]1C(=O)N[C@]1(C(=O)NS(=O)(=O)C2CC2)C[C@H]1CC. The minimum atomic E-state index is -4.97. The first-order chi connectivity index (χ1) is 24.9. The van der Waals surface area contributed by atoms with Crippen molar-refractivity contribution in [1.29, 1.82) is 0 Å². The van der Waals surface area contributed by atoms with Gasteiger partial charge >= 0.3 is 12.5 Å². The van der Waals surface area contributed by atoms with Gasteiger partial charge in [-0.15, -0.1) is 13.2 Å². The molecule has 18 heteroatoms. The van der Waals surface area contributed by atoms with Crippen LogP contribution in [0, 0.1) is 11.7 Å². The first-order valence-corrected chi connectivity index (χ1v) is 18.6. The Morgan fingerprint density at radius 2 is 1.81 bits per heavy atom. The minimum Gasteiger partial charge on any atom is -0.444 e. The van der Waals surface area contributed by atoms with E-state index in [0.717, 1.165) is 17.0 Å². The fourth-order valence-corrected chi connectivity index (χ4v) is 8.27. The van der Waals surface area contributed by atoms with Crippen molar-refractivity contribution in [2.75, 3.05) is 11.9 Å². The standard InChI is InChI=1S/C35H39F4N5O8S/c1-4-21-15-34(21,32(47)42-53(49,50)25-11-12-25)41-30(45)28-14-24(51-33(48)43-16-20-7-5-10-27(36)26(20)18-43)17-44(28)31(46)29(19(2)3)40-22-8-6-9-23(13-22)52-35(37,38)39/h5-10,13,21,24-25,28-29,40H,2,4,11-12,14-18H2,1,3H3,(H,41,45)(H,42,47)/t21-,24-,28+,29+,34-/m1/s1. The average Bonchev–Trinajstić information content (AvgIpc) is 3.97. The zero-order valence-corrected chi connectivity index (χ0v) is 29.7. The average molecular weight is 766 g/mol. The fourth-order valence-electron chi connectivity index (χ4n) is 6.91. The van der Waals surface area contributed by atoms with Crippen LogP contribution in [0.2, 0.25) is 0 Å². The molecule has 2 heterocycles. The molecule has 0 bridgehead atoms. The van der Waals surface area contributed by atoms with Gasteiger partial charge < -0.3 is 25.0 Å². The highest BCUT2D eigenvalue weighted by atomic mass is 32.2. The molecule has 286 valence electrons. The largest absolute Gasteiger partial charge is 0.573 e. The molecule has 0 spiro atoms. The summed E-state index contributed by atoms with van der Waals surface area (Å²) in [5, 5.41) is 4.85. The van der Waals surface area contributed by atoms with E-state index in [1.807, 2.05) is 0 Å². The van der Waals surface area contributed by atoms with Crippen LogP contribution in [0.15, 0.2) is 54.6 Å². The quantitative estimate of drug-likeness (QED) is 0.213. The number of nitrogens with one attached hydrogen (secondary N) is 3. The van der Waals surface area contributed by atoms with Gasteiger partial charge in [-0.05, 0) is 61.4 Å². The van der Waals surface area contributed by atoms with Crippen molar-refractivity contribution in [3.63, 3.8) is 0 Å². The lowest BCUT2D eigenvalue weighted by Crippen LogP contribution is -2.57. The van der Waals surface area contributed by atoms with E-state index in [4.69, 9.17) is 4.74 Å². The highest BCUT2D eigenvalue weighted by Crippen LogP contribution is 2.47.